The molecule has 254 valence electrons. The summed E-state index contributed by atoms with van der Waals surface area (Å²) in [6.07, 6.45) is 0.795. The fraction of sp³-hybridized carbons (Fsp3) is 0.318. The van der Waals surface area contributed by atoms with Crippen molar-refractivity contribution in [3.63, 3.8) is 0 Å². The molecular weight excluding hydrogens is 606 g/mol. The van der Waals surface area contributed by atoms with Crippen molar-refractivity contribution in [2.75, 3.05) is 32.9 Å². The first kappa shape index (κ1) is 34.8. The van der Waals surface area contributed by atoms with E-state index in [1.54, 1.807) is 0 Å². The van der Waals surface area contributed by atoms with Gasteiger partial charge < -0.3 is 19.3 Å². The van der Waals surface area contributed by atoms with Crippen LogP contribution >= 0.6 is 0 Å². The summed E-state index contributed by atoms with van der Waals surface area (Å²) in [4.78, 5) is 2.45. The lowest BCUT2D eigenvalue weighted by Gasteiger charge is -2.46. The molecule has 6 rings (SSSR count). The number of rotatable bonds is 15. The second-order valence-corrected chi connectivity index (χ2v) is 13.4. The normalized spacial score (nSPS) is 18.5. The van der Waals surface area contributed by atoms with E-state index in [1.165, 1.54) is 5.56 Å². The molecule has 5 heteroatoms. The molecule has 49 heavy (non-hydrogen) atoms. The maximum Gasteiger partial charge on any atom is 0.143 e. The first-order chi connectivity index (χ1) is 24.0. The second-order valence-electron chi connectivity index (χ2n) is 13.4. The minimum Gasteiger partial charge on any atom is -0.385 e. The SMILES string of the molecule is CC(C)OCCOCc1ccc([C@@]2(O)CCN(Cc3ccccc3)C[C@@H]2COC(c2ccccc2)(c2ccccc2)c2ccccc2)cc1. The Morgan fingerprint density at radius 2 is 1.22 bits per heavy atom. The molecule has 0 bridgehead atoms. The first-order valence-corrected chi connectivity index (χ1v) is 17.6. The highest BCUT2D eigenvalue weighted by molar-refractivity contribution is 5.47. The summed E-state index contributed by atoms with van der Waals surface area (Å²) >= 11 is 0. The van der Waals surface area contributed by atoms with Crippen LogP contribution in [0.15, 0.2) is 146 Å². The van der Waals surface area contributed by atoms with Crippen molar-refractivity contribution in [2.24, 2.45) is 5.92 Å². The first-order valence-electron chi connectivity index (χ1n) is 17.6. The topological polar surface area (TPSA) is 51.2 Å². The lowest BCUT2D eigenvalue weighted by atomic mass is 9.75. The summed E-state index contributed by atoms with van der Waals surface area (Å²) < 4.78 is 18.8. The minimum atomic E-state index is -1.08. The lowest BCUT2D eigenvalue weighted by molar-refractivity contribution is -0.125. The van der Waals surface area contributed by atoms with E-state index < -0.39 is 11.2 Å². The molecule has 0 aromatic heterocycles. The van der Waals surface area contributed by atoms with Crippen LogP contribution in [-0.4, -0.2) is 49.0 Å². The van der Waals surface area contributed by atoms with Gasteiger partial charge in [-0.1, -0.05) is 146 Å². The Morgan fingerprint density at radius 1 is 0.694 bits per heavy atom. The van der Waals surface area contributed by atoms with Gasteiger partial charge in [0, 0.05) is 25.6 Å². The molecule has 0 spiro atoms. The fourth-order valence-corrected chi connectivity index (χ4v) is 7.06. The van der Waals surface area contributed by atoms with Crippen LogP contribution in [0.1, 0.15) is 53.6 Å². The predicted molar refractivity (Wildman–Crippen MR) is 196 cm³/mol. The Hall–Kier alpha value is -4.10. The number of likely N-dealkylation sites (tertiary alicyclic amines) is 1. The fourth-order valence-electron chi connectivity index (χ4n) is 7.06. The quantitative estimate of drug-likeness (QED) is 0.0908. The van der Waals surface area contributed by atoms with E-state index in [9.17, 15) is 5.11 Å². The summed E-state index contributed by atoms with van der Waals surface area (Å²) in [5, 5.41) is 12.7. The van der Waals surface area contributed by atoms with Gasteiger partial charge in [0.15, 0.2) is 0 Å². The number of aliphatic hydroxyl groups is 1. The van der Waals surface area contributed by atoms with E-state index in [0.29, 0.717) is 39.4 Å². The molecule has 1 aliphatic rings. The van der Waals surface area contributed by atoms with Gasteiger partial charge in [-0.25, -0.2) is 0 Å². The van der Waals surface area contributed by atoms with Crippen LogP contribution in [0.2, 0.25) is 0 Å². The smallest absolute Gasteiger partial charge is 0.143 e. The Bertz CT molecular complexity index is 1580. The molecule has 0 saturated carbocycles. The molecule has 5 aromatic rings. The highest BCUT2D eigenvalue weighted by Crippen LogP contribution is 2.44. The molecule has 5 aromatic carbocycles. The predicted octanol–water partition coefficient (Wildman–Crippen LogP) is 8.35. The van der Waals surface area contributed by atoms with E-state index in [4.69, 9.17) is 14.2 Å². The maximum absolute atomic E-state index is 12.7. The van der Waals surface area contributed by atoms with Crippen LogP contribution in [-0.2, 0) is 38.6 Å². The molecule has 5 nitrogen and oxygen atoms in total. The third-order valence-corrected chi connectivity index (χ3v) is 9.66. The van der Waals surface area contributed by atoms with Gasteiger partial charge >= 0.3 is 0 Å². The van der Waals surface area contributed by atoms with Gasteiger partial charge in [0.1, 0.15) is 5.60 Å². The zero-order valence-corrected chi connectivity index (χ0v) is 28.8. The average Bonchev–Trinajstić information content (AvgIpc) is 3.15. The summed E-state index contributed by atoms with van der Waals surface area (Å²) in [5.41, 5.74) is 4.46. The summed E-state index contributed by atoms with van der Waals surface area (Å²) in [6, 6.07) is 50.3. The van der Waals surface area contributed by atoms with Crippen molar-refractivity contribution < 1.29 is 19.3 Å². The van der Waals surface area contributed by atoms with Crippen LogP contribution in [0.5, 0.6) is 0 Å². The van der Waals surface area contributed by atoms with Gasteiger partial charge in [-0.3, -0.25) is 4.90 Å². The molecule has 0 amide bonds. The Kier molecular flexibility index (Phi) is 11.7. The number of hydrogen-bond acceptors (Lipinski definition) is 5. The average molecular weight is 656 g/mol. The number of benzene rings is 5. The lowest BCUT2D eigenvalue weighted by Crippen LogP contribution is -2.52. The van der Waals surface area contributed by atoms with E-state index in [-0.39, 0.29) is 12.0 Å². The van der Waals surface area contributed by atoms with Gasteiger partial charge in [-0.15, -0.1) is 0 Å². The molecular formula is C44H49NO4. The molecule has 1 fully saturated rings. The van der Waals surface area contributed by atoms with E-state index >= 15 is 0 Å². The molecule has 1 saturated heterocycles. The van der Waals surface area contributed by atoms with E-state index in [1.807, 2.05) is 32.0 Å². The molecule has 0 aliphatic carbocycles. The Morgan fingerprint density at radius 3 is 1.76 bits per heavy atom. The van der Waals surface area contributed by atoms with Crippen molar-refractivity contribution in [2.45, 2.75) is 50.7 Å². The summed E-state index contributed by atoms with van der Waals surface area (Å²) in [7, 11) is 0. The Balaban J connectivity index is 1.31. The molecule has 2 atom stereocenters. The monoisotopic (exact) mass is 655 g/mol. The standard InChI is InChI=1S/C44H49NO4/c1-35(2)48-30-29-47-33-37-23-25-38(26-24-37)43(46)27-28-45(31-36-15-7-3-8-16-36)32-42(43)34-49-44(39-17-9-4-10-18-39,40-19-11-5-12-20-40)41-21-13-6-14-22-41/h3-26,35,42,46H,27-34H2,1-2H3/t42-,43+/m1/s1. The summed E-state index contributed by atoms with van der Waals surface area (Å²) in [6.45, 7) is 8.33. The number of ether oxygens (including phenoxy) is 3. The van der Waals surface area contributed by atoms with Crippen molar-refractivity contribution in [1.29, 1.82) is 0 Å². The van der Waals surface area contributed by atoms with Crippen molar-refractivity contribution in [3.05, 3.63) is 179 Å². The highest BCUT2D eigenvalue weighted by atomic mass is 16.5. The van der Waals surface area contributed by atoms with Gasteiger partial charge in [-0.05, 0) is 53.6 Å². The zero-order valence-electron chi connectivity index (χ0n) is 28.8. The van der Waals surface area contributed by atoms with E-state index in [2.05, 4.69) is 132 Å². The van der Waals surface area contributed by atoms with Crippen LogP contribution in [0.3, 0.4) is 0 Å². The highest BCUT2D eigenvalue weighted by Gasteiger charge is 2.46. The second kappa shape index (κ2) is 16.5. The summed E-state index contributed by atoms with van der Waals surface area (Å²) in [5.74, 6) is -0.198. The van der Waals surface area contributed by atoms with Crippen LogP contribution < -0.4 is 0 Å². The van der Waals surface area contributed by atoms with Gasteiger partial charge in [0.2, 0.25) is 0 Å². The van der Waals surface area contributed by atoms with Crippen LogP contribution in [0, 0.1) is 5.92 Å². The number of hydrogen-bond donors (Lipinski definition) is 1. The molecule has 0 radical (unpaired) electrons. The molecule has 1 aliphatic heterocycles. The maximum atomic E-state index is 12.7. The van der Waals surface area contributed by atoms with Gasteiger partial charge in [0.05, 0.1) is 38.1 Å². The Labute approximate surface area is 292 Å². The largest absolute Gasteiger partial charge is 0.385 e. The van der Waals surface area contributed by atoms with Crippen molar-refractivity contribution in [1.82, 2.24) is 4.90 Å². The van der Waals surface area contributed by atoms with Crippen LogP contribution in [0.4, 0.5) is 0 Å². The molecule has 1 heterocycles. The molecule has 1 N–H and O–H groups in total. The third-order valence-electron chi connectivity index (χ3n) is 9.66. The number of nitrogens with zero attached hydrogens (tertiary/aromatic N) is 1. The zero-order chi connectivity index (χ0) is 33.9. The van der Waals surface area contributed by atoms with Crippen LogP contribution in [0.25, 0.3) is 0 Å². The molecule has 0 unspecified atom stereocenters. The van der Waals surface area contributed by atoms with E-state index in [0.717, 1.165) is 40.9 Å². The minimum absolute atomic E-state index is 0.193. The van der Waals surface area contributed by atoms with Crippen molar-refractivity contribution in [3.8, 4) is 0 Å². The van der Waals surface area contributed by atoms with Gasteiger partial charge in [-0.2, -0.15) is 0 Å². The van der Waals surface area contributed by atoms with Gasteiger partial charge in [0.25, 0.3) is 0 Å². The number of piperidine rings is 1. The van der Waals surface area contributed by atoms with Crippen molar-refractivity contribution >= 4 is 0 Å². The third kappa shape index (κ3) is 8.38.